The number of hydrazone groups is 1. The fraction of sp³-hybridized carbons (Fsp3) is 0.200. The lowest BCUT2D eigenvalue weighted by molar-refractivity contribution is -0.120. The SMILES string of the molecule is C/C(=N\NC(=O)CCSc1ccc(Cl)cc1)c1cccs1. The fourth-order valence-corrected chi connectivity index (χ4v) is 3.19. The van der Waals surface area contributed by atoms with Gasteiger partial charge in [0.1, 0.15) is 0 Å². The van der Waals surface area contributed by atoms with Crippen LogP contribution in [0.5, 0.6) is 0 Å². The molecule has 0 bridgehead atoms. The number of nitrogens with one attached hydrogen (secondary N) is 1. The summed E-state index contributed by atoms with van der Waals surface area (Å²) in [4.78, 5) is 13.9. The number of carbonyl (C=O) groups excluding carboxylic acids is 1. The Hall–Kier alpha value is -1.30. The van der Waals surface area contributed by atoms with Crippen molar-refractivity contribution < 1.29 is 4.79 Å². The Morgan fingerprint density at radius 3 is 2.76 bits per heavy atom. The molecule has 6 heteroatoms. The molecule has 0 unspecified atom stereocenters. The molecule has 0 spiro atoms. The fourth-order valence-electron chi connectivity index (χ4n) is 1.53. The molecule has 110 valence electrons. The number of carbonyl (C=O) groups is 1. The Balaban J connectivity index is 1.72. The molecule has 0 radical (unpaired) electrons. The standard InChI is InChI=1S/C15H15ClN2OS2/c1-11(14-3-2-9-21-14)17-18-15(19)8-10-20-13-6-4-12(16)5-7-13/h2-7,9H,8,10H2,1H3,(H,18,19)/b17-11+. The average molecular weight is 339 g/mol. The first-order chi connectivity index (χ1) is 10.1. The predicted octanol–water partition coefficient (Wildman–Crippen LogP) is 4.42. The normalized spacial score (nSPS) is 11.4. The molecule has 2 rings (SSSR count). The summed E-state index contributed by atoms with van der Waals surface area (Å²) in [7, 11) is 0. The van der Waals surface area contributed by atoms with Gasteiger partial charge in [-0.05, 0) is 42.6 Å². The lowest BCUT2D eigenvalue weighted by Crippen LogP contribution is -2.19. The van der Waals surface area contributed by atoms with E-state index in [4.69, 9.17) is 11.6 Å². The number of nitrogens with zero attached hydrogens (tertiary/aromatic N) is 1. The molecular formula is C15H15ClN2OS2. The van der Waals surface area contributed by atoms with Crippen LogP contribution in [0.1, 0.15) is 18.2 Å². The highest BCUT2D eigenvalue weighted by molar-refractivity contribution is 7.99. The van der Waals surface area contributed by atoms with E-state index in [0.717, 1.165) is 20.5 Å². The highest BCUT2D eigenvalue weighted by atomic mass is 35.5. The van der Waals surface area contributed by atoms with Gasteiger partial charge in [0.05, 0.1) is 5.71 Å². The molecule has 0 fully saturated rings. The number of amides is 1. The van der Waals surface area contributed by atoms with E-state index >= 15 is 0 Å². The van der Waals surface area contributed by atoms with Gasteiger partial charge >= 0.3 is 0 Å². The van der Waals surface area contributed by atoms with Crippen molar-refractivity contribution in [3.8, 4) is 0 Å². The molecule has 1 amide bonds. The second kappa shape index (κ2) is 8.22. The number of benzene rings is 1. The smallest absolute Gasteiger partial charge is 0.240 e. The molecule has 2 aromatic rings. The van der Waals surface area contributed by atoms with E-state index in [1.54, 1.807) is 23.1 Å². The number of hydrogen-bond acceptors (Lipinski definition) is 4. The van der Waals surface area contributed by atoms with Crippen molar-refractivity contribution in [1.82, 2.24) is 5.43 Å². The van der Waals surface area contributed by atoms with E-state index in [-0.39, 0.29) is 5.91 Å². The van der Waals surface area contributed by atoms with Crippen molar-refractivity contribution in [3.63, 3.8) is 0 Å². The minimum atomic E-state index is -0.0765. The zero-order chi connectivity index (χ0) is 15.1. The third-order valence-corrected chi connectivity index (χ3v) is 4.88. The van der Waals surface area contributed by atoms with Gasteiger partial charge in [-0.3, -0.25) is 4.79 Å². The number of hydrogen-bond donors (Lipinski definition) is 1. The second-order valence-electron chi connectivity index (χ2n) is 4.26. The maximum absolute atomic E-state index is 11.7. The van der Waals surface area contributed by atoms with Gasteiger partial charge in [-0.15, -0.1) is 23.1 Å². The van der Waals surface area contributed by atoms with E-state index in [0.29, 0.717) is 12.2 Å². The summed E-state index contributed by atoms with van der Waals surface area (Å²) in [6.07, 6.45) is 0.425. The van der Waals surface area contributed by atoms with E-state index in [1.165, 1.54) is 0 Å². The highest BCUT2D eigenvalue weighted by Gasteiger charge is 2.03. The maximum atomic E-state index is 11.7. The van der Waals surface area contributed by atoms with Crippen LogP contribution in [0.15, 0.2) is 51.8 Å². The van der Waals surface area contributed by atoms with E-state index in [2.05, 4.69) is 10.5 Å². The third-order valence-electron chi connectivity index (χ3n) is 2.64. The van der Waals surface area contributed by atoms with Gasteiger partial charge in [0.2, 0.25) is 5.91 Å². The van der Waals surface area contributed by atoms with Gasteiger partial charge in [-0.2, -0.15) is 5.10 Å². The highest BCUT2D eigenvalue weighted by Crippen LogP contribution is 2.20. The van der Waals surface area contributed by atoms with Crippen LogP contribution in [-0.2, 0) is 4.79 Å². The Kier molecular flexibility index (Phi) is 6.29. The lowest BCUT2D eigenvalue weighted by Gasteiger charge is -2.02. The van der Waals surface area contributed by atoms with Gasteiger partial charge in [-0.1, -0.05) is 17.7 Å². The lowest BCUT2D eigenvalue weighted by atomic mass is 10.3. The van der Waals surface area contributed by atoms with E-state index in [1.807, 2.05) is 48.7 Å². The number of halogens is 1. The average Bonchev–Trinajstić information content (AvgIpc) is 3.01. The number of thiophene rings is 1. The Bertz CT molecular complexity index is 609. The molecule has 0 aliphatic carbocycles. The largest absolute Gasteiger partial charge is 0.273 e. The molecule has 1 heterocycles. The summed E-state index contributed by atoms with van der Waals surface area (Å²) >= 11 is 9.05. The molecule has 1 aromatic carbocycles. The Labute approximate surface area is 137 Å². The summed E-state index contributed by atoms with van der Waals surface area (Å²) in [5.41, 5.74) is 3.41. The van der Waals surface area contributed by atoms with Crippen LogP contribution < -0.4 is 5.43 Å². The molecule has 1 N–H and O–H groups in total. The topological polar surface area (TPSA) is 41.5 Å². The van der Waals surface area contributed by atoms with Crippen LogP contribution in [0.3, 0.4) is 0 Å². The molecule has 21 heavy (non-hydrogen) atoms. The van der Waals surface area contributed by atoms with Gasteiger partial charge in [0.25, 0.3) is 0 Å². The molecule has 0 saturated carbocycles. The Morgan fingerprint density at radius 1 is 1.33 bits per heavy atom. The minimum absolute atomic E-state index is 0.0765. The molecule has 1 aromatic heterocycles. The van der Waals surface area contributed by atoms with Gasteiger partial charge < -0.3 is 0 Å². The summed E-state index contributed by atoms with van der Waals surface area (Å²) in [5, 5.41) is 6.81. The first-order valence-corrected chi connectivity index (χ1v) is 8.65. The monoisotopic (exact) mass is 338 g/mol. The maximum Gasteiger partial charge on any atom is 0.240 e. The zero-order valence-electron chi connectivity index (χ0n) is 11.5. The van der Waals surface area contributed by atoms with Crippen molar-refractivity contribution in [2.75, 3.05) is 5.75 Å². The first kappa shape index (κ1) is 16.1. The minimum Gasteiger partial charge on any atom is -0.273 e. The van der Waals surface area contributed by atoms with Crippen LogP contribution in [0, 0.1) is 0 Å². The summed E-state index contributed by atoms with van der Waals surface area (Å²) in [6.45, 7) is 1.88. The third kappa shape index (κ3) is 5.53. The molecule has 0 aliphatic rings. The number of thioether (sulfide) groups is 1. The second-order valence-corrected chi connectivity index (χ2v) is 6.81. The summed E-state index contributed by atoms with van der Waals surface area (Å²) in [5.74, 6) is 0.633. The van der Waals surface area contributed by atoms with Gasteiger partial charge in [0, 0.05) is 27.0 Å². The van der Waals surface area contributed by atoms with Crippen LogP contribution in [0.2, 0.25) is 5.02 Å². The van der Waals surface area contributed by atoms with Crippen LogP contribution in [-0.4, -0.2) is 17.4 Å². The summed E-state index contributed by atoms with van der Waals surface area (Å²) in [6, 6.07) is 11.5. The Morgan fingerprint density at radius 2 is 2.10 bits per heavy atom. The summed E-state index contributed by atoms with van der Waals surface area (Å²) < 4.78 is 0. The van der Waals surface area contributed by atoms with Crippen molar-refractivity contribution in [2.45, 2.75) is 18.2 Å². The quantitative estimate of drug-likeness (QED) is 0.481. The van der Waals surface area contributed by atoms with Crippen LogP contribution >= 0.6 is 34.7 Å². The van der Waals surface area contributed by atoms with Crippen molar-refractivity contribution in [3.05, 3.63) is 51.7 Å². The molecule has 3 nitrogen and oxygen atoms in total. The molecule has 0 atom stereocenters. The number of rotatable bonds is 6. The predicted molar refractivity (Wildman–Crippen MR) is 91.5 cm³/mol. The zero-order valence-corrected chi connectivity index (χ0v) is 13.9. The molecule has 0 aliphatic heterocycles. The van der Waals surface area contributed by atoms with Crippen LogP contribution in [0.4, 0.5) is 0 Å². The van der Waals surface area contributed by atoms with Crippen molar-refractivity contribution in [1.29, 1.82) is 0 Å². The van der Waals surface area contributed by atoms with Gasteiger partial charge in [0.15, 0.2) is 0 Å². The molecular weight excluding hydrogens is 324 g/mol. The van der Waals surface area contributed by atoms with Gasteiger partial charge in [-0.25, -0.2) is 5.43 Å². The van der Waals surface area contributed by atoms with Crippen molar-refractivity contribution in [2.24, 2.45) is 5.10 Å². The molecule has 0 saturated heterocycles. The first-order valence-electron chi connectivity index (χ1n) is 6.40. The van der Waals surface area contributed by atoms with Crippen molar-refractivity contribution >= 4 is 46.3 Å². The van der Waals surface area contributed by atoms with E-state index in [9.17, 15) is 4.79 Å². The van der Waals surface area contributed by atoms with Crippen LogP contribution in [0.25, 0.3) is 0 Å². The van der Waals surface area contributed by atoms with E-state index < -0.39 is 0 Å².